The Labute approximate surface area is 142 Å². The Hall–Kier alpha value is -2.49. The number of benzene rings is 1. The number of carbonyl (C=O) groups excluding carboxylic acids is 1. The Bertz CT molecular complexity index is 769. The highest BCUT2D eigenvalue weighted by Gasteiger charge is 2.37. The predicted molar refractivity (Wildman–Crippen MR) is 92.6 cm³/mol. The molecule has 4 nitrogen and oxygen atoms in total. The minimum absolute atomic E-state index is 0.00755. The minimum atomic E-state index is -0.00755. The van der Waals surface area contributed by atoms with Crippen LogP contribution >= 0.6 is 0 Å². The summed E-state index contributed by atoms with van der Waals surface area (Å²) < 4.78 is 11.5. The third-order valence-corrected chi connectivity index (χ3v) is 4.69. The van der Waals surface area contributed by atoms with Crippen molar-refractivity contribution in [2.24, 2.45) is 0 Å². The van der Waals surface area contributed by atoms with E-state index in [1.165, 1.54) is 5.56 Å². The van der Waals surface area contributed by atoms with Gasteiger partial charge < -0.3 is 14.4 Å². The van der Waals surface area contributed by atoms with Crippen LogP contribution < -0.4 is 4.90 Å². The van der Waals surface area contributed by atoms with Gasteiger partial charge in [0.15, 0.2) is 11.5 Å². The van der Waals surface area contributed by atoms with Gasteiger partial charge in [0.1, 0.15) is 13.2 Å². The monoisotopic (exact) mass is 323 g/mol. The van der Waals surface area contributed by atoms with E-state index in [2.05, 4.69) is 32.1 Å². The summed E-state index contributed by atoms with van der Waals surface area (Å²) in [5.74, 6) is 1.78. The quantitative estimate of drug-likeness (QED) is 0.833. The molecular weight excluding hydrogens is 302 g/mol. The summed E-state index contributed by atoms with van der Waals surface area (Å²) in [6.07, 6.45) is 4.84. The molecular formula is C20H21NO3. The number of allylic oxidation sites excluding steroid dienone is 2. The van der Waals surface area contributed by atoms with Crippen LogP contribution in [-0.4, -0.2) is 25.7 Å². The van der Waals surface area contributed by atoms with E-state index in [0.717, 1.165) is 17.7 Å². The van der Waals surface area contributed by atoms with Crippen LogP contribution in [0.25, 0.3) is 0 Å². The Balaban J connectivity index is 1.71. The molecule has 1 amide bonds. The maximum atomic E-state index is 13.0. The molecule has 4 heteroatoms. The molecule has 2 aliphatic heterocycles. The van der Waals surface area contributed by atoms with E-state index < -0.39 is 0 Å². The number of anilines is 1. The van der Waals surface area contributed by atoms with Crippen molar-refractivity contribution in [1.82, 2.24) is 0 Å². The summed E-state index contributed by atoms with van der Waals surface area (Å²) in [5.41, 5.74) is 3.88. The fourth-order valence-electron chi connectivity index (χ4n) is 3.34. The minimum Gasteiger partial charge on any atom is -0.486 e. The lowest BCUT2D eigenvalue weighted by atomic mass is 10.0. The molecule has 124 valence electrons. The van der Waals surface area contributed by atoms with Gasteiger partial charge in [-0.15, -0.1) is 0 Å². The second-order valence-electron chi connectivity index (χ2n) is 6.57. The normalized spacial score (nSPS) is 20.0. The fraction of sp³-hybridized carbons (Fsp3) is 0.350. The zero-order valence-electron chi connectivity index (χ0n) is 14.0. The number of amides is 1. The van der Waals surface area contributed by atoms with Gasteiger partial charge in [0.25, 0.3) is 5.91 Å². The van der Waals surface area contributed by atoms with Crippen LogP contribution in [0, 0.1) is 0 Å². The van der Waals surface area contributed by atoms with E-state index >= 15 is 0 Å². The molecule has 0 atom stereocenters. The molecule has 2 fully saturated rings. The third-order valence-electron chi connectivity index (χ3n) is 4.69. The highest BCUT2D eigenvalue weighted by Crippen LogP contribution is 2.37. The van der Waals surface area contributed by atoms with Gasteiger partial charge in [-0.05, 0) is 41.7 Å². The molecule has 1 aromatic rings. The Morgan fingerprint density at radius 3 is 2.54 bits per heavy atom. The average molecular weight is 323 g/mol. The van der Waals surface area contributed by atoms with E-state index in [4.69, 9.17) is 9.47 Å². The standard InChI is InChI=1S/C20H21NO3/c1-13(2)14-6-8-16(9-7-14)21-12-15-4-3-5-17-19(18(15)20(21)22)24-11-10-23-17/h4-9,13H,3,10-12H2,1-2H3. The van der Waals surface area contributed by atoms with Crippen molar-refractivity contribution in [1.29, 1.82) is 0 Å². The van der Waals surface area contributed by atoms with Gasteiger partial charge in [-0.1, -0.05) is 32.1 Å². The zero-order valence-corrected chi connectivity index (χ0v) is 14.0. The second kappa shape index (κ2) is 5.86. The third kappa shape index (κ3) is 2.42. The number of hydrogen-bond acceptors (Lipinski definition) is 3. The lowest BCUT2D eigenvalue weighted by Gasteiger charge is -2.22. The predicted octanol–water partition coefficient (Wildman–Crippen LogP) is 3.67. The molecule has 0 bridgehead atoms. The highest BCUT2D eigenvalue weighted by molar-refractivity contribution is 6.13. The van der Waals surface area contributed by atoms with Crippen LogP contribution in [0.1, 0.15) is 31.7 Å². The first kappa shape index (κ1) is 15.1. The fourth-order valence-corrected chi connectivity index (χ4v) is 3.34. The van der Waals surface area contributed by atoms with E-state index in [1.54, 1.807) is 0 Å². The topological polar surface area (TPSA) is 38.8 Å². The lowest BCUT2D eigenvalue weighted by Crippen LogP contribution is -2.26. The van der Waals surface area contributed by atoms with Crippen LogP contribution in [0.3, 0.4) is 0 Å². The summed E-state index contributed by atoms with van der Waals surface area (Å²) in [6.45, 7) is 5.94. The van der Waals surface area contributed by atoms with Gasteiger partial charge in [-0.3, -0.25) is 4.79 Å². The second-order valence-corrected chi connectivity index (χ2v) is 6.57. The van der Waals surface area contributed by atoms with Crippen molar-refractivity contribution in [3.63, 3.8) is 0 Å². The molecule has 2 saturated heterocycles. The molecule has 0 saturated carbocycles. The van der Waals surface area contributed by atoms with Gasteiger partial charge in [-0.2, -0.15) is 0 Å². The molecule has 0 spiro atoms. The van der Waals surface area contributed by atoms with Crippen molar-refractivity contribution < 1.29 is 14.3 Å². The summed E-state index contributed by atoms with van der Waals surface area (Å²) in [4.78, 5) is 14.8. The molecule has 4 rings (SSSR count). The molecule has 0 radical (unpaired) electrons. The van der Waals surface area contributed by atoms with Crippen molar-refractivity contribution >= 4 is 11.6 Å². The molecule has 1 aromatic carbocycles. The highest BCUT2D eigenvalue weighted by atomic mass is 16.6. The van der Waals surface area contributed by atoms with Gasteiger partial charge in [0, 0.05) is 5.69 Å². The average Bonchev–Trinajstić information content (AvgIpc) is 2.81. The number of hydrogen-bond donors (Lipinski definition) is 0. The van der Waals surface area contributed by atoms with Crippen molar-refractivity contribution in [2.45, 2.75) is 26.2 Å². The SMILES string of the molecule is CC(C)c1ccc(N2CC3=CCC=C4OCCOC4=C3C2=O)cc1. The first-order valence-corrected chi connectivity index (χ1v) is 8.47. The van der Waals surface area contributed by atoms with Crippen LogP contribution in [0.2, 0.25) is 0 Å². The van der Waals surface area contributed by atoms with Gasteiger partial charge in [0.2, 0.25) is 0 Å². The molecule has 24 heavy (non-hydrogen) atoms. The lowest BCUT2D eigenvalue weighted by molar-refractivity contribution is -0.114. The van der Waals surface area contributed by atoms with Crippen molar-refractivity contribution in [3.8, 4) is 0 Å². The molecule has 2 heterocycles. The maximum absolute atomic E-state index is 13.0. The number of fused-ring (bicyclic) bond motifs is 2. The first-order valence-electron chi connectivity index (χ1n) is 8.47. The van der Waals surface area contributed by atoms with Gasteiger partial charge >= 0.3 is 0 Å². The zero-order chi connectivity index (χ0) is 16.7. The first-order chi connectivity index (χ1) is 11.6. The van der Waals surface area contributed by atoms with E-state index in [9.17, 15) is 4.79 Å². The summed E-state index contributed by atoms with van der Waals surface area (Å²) in [6, 6.07) is 8.25. The number of rotatable bonds is 2. The van der Waals surface area contributed by atoms with Crippen LogP contribution in [0.4, 0.5) is 5.69 Å². The maximum Gasteiger partial charge on any atom is 0.262 e. The number of ether oxygens (including phenoxy) is 2. The largest absolute Gasteiger partial charge is 0.486 e. The molecule has 3 aliphatic rings. The molecule has 0 aromatic heterocycles. The van der Waals surface area contributed by atoms with Crippen LogP contribution in [0.15, 0.2) is 59.1 Å². The number of carbonyl (C=O) groups is 1. The van der Waals surface area contributed by atoms with Gasteiger partial charge in [0.05, 0.1) is 12.1 Å². The number of nitrogens with zero attached hydrogens (tertiary/aromatic N) is 1. The smallest absolute Gasteiger partial charge is 0.262 e. The molecule has 1 aliphatic carbocycles. The summed E-state index contributed by atoms with van der Waals surface area (Å²) >= 11 is 0. The van der Waals surface area contributed by atoms with E-state index in [0.29, 0.717) is 42.8 Å². The van der Waals surface area contributed by atoms with Crippen molar-refractivity contribution in [2.75, 3.05) is 24.7 Å². The van der Waals surface area contributed by atoms with Gasteiger partial charge in [-0.25, -0.2) is 0 Å². The van der Waals surface area contributed by atoms with Crippen LogP contribution in [0.5, 0.6) is 0 Å². The Kier molecular flexibility index (Phi) is 3.68. The molecule has 0 N–H and O–H groups in total. The molecule has 0 unspecified atom stereocenters. The van der Waals surface area contributed by atoms with Crippen LogP contribution in [-0.2, 0) is 14.3 Å². The Morgan fingerprint density at radius 2 is 1.79 bits per heavy atom. The van der Waals surface area contributed by atoms with Crippen molar-refractivity contribution in [3.05, 3.63) is 64.6 Å². The van der Waals surface area contributed by atoms with E-state index in [-0.39, 0.29) is 5.91 Å². The Morgan fingerprint density at radius 1 is 1.04 bits per heavy atom. The summed E-state index contributed by atoms with van der Waals surface area (Å²) in [5, 5.41) is 0. The summed E-state index contributed by atoms with van der Waals surface area (Å²) in [7, 11) is 0. The van der Waals surface area contributed by atoms with E-state index in [1.807, 2.05) is 23.1 Å².